The van der Waals surface area contributed by atoms with E-state index >= 15 is 0 Å². The van der Waals surface area contributed by atoms with Crippen LogP contribution in [-0.4, -0.2) is 15.0 Å². The largest absolute Gasteiger partial charge is 0.256 e. The van der Waals surface area contributed by atoms with E-state index in [2.05, 4.69) is 101 Å². The normalized spacial score (nSPS) is 12.2. The molecule has 0 saturated carbocycles. The summed E-state index contributed by atoms with van der Waals surface area (Å²) in [6.07, 6.45) is 5.40. The molecule has 2 aromatic heterocycles. The summed E-state index contributed by atoms with van der Waals surface area (Å²) >= 11 is 0. The third kappa shape index (κ3) is 4.54. The summed E-state index contributed by atoms with van der Waals surface area (Å²) in [6, 6.07) is 25.8. The van der Waals surface area contributed by atoms with E-state index in [1.54, 1.807) is 12.4 Å². The number of aromatic nitrogens is 3. The molecule has 0 atom stereocenters. The number of benzene rings is 3. The van der Waals surface area contributed by atoms with E-state index in [9.17, 15) is 0 Å². The van der Waals surface area contributed by atoms with Gasteiger partial charge in [0.15, 0.2) is 0 Å². The molecule has 2 heterocycles. The Morgan fingerprint density at radius 2 is 1.17 bits per heavy atom. The maximum Gasteiger partial charge on any atom is 0.0971 e. The highest BCUT2D eigenvalue weighted by Crippen LogP contribution is 2.40. The first-order chi connectivity index (χ1) is 17.1. The Morgan fingerprint density at radius 1 is 0.500 bits per heavy atom. The first-order valence-corrected chi connectivity index (χ1v) is 12.5. The standard InChI is InChI=1S/C33H33N3/c1-32(2,3)24-13-14-26(28(21-24)33(4,5)6)27-16-15-25(30-31(27)36-19-18-35-30)22-10-9-11-23(20-22)29-12-7-8-17-34-29/h7-21H,1-6H3. The minimum Gasteiger partial charge on any atom is -0.256 e. The number of fused-ring (bicyclic) bond motifs is 1. The average molecular weight is 472 g/mol. The van der Waals surface area contributed by atoms with Gasteiger partial charge in [-0.15, -0.1) is 0 Å². The Kier molecular flexibility index (Phi) is 5.96. The fourth-order valence-corrected chi connectivity index (χ4v) is 4.75. The molecule has 36 heavy (non-hydrogen) atoms. The van der Waals surface area contributed by atoms with Gasteiger partial charge in [0, 0.05) is 35.3 Å². The van der Waals surface area contributed by atoms with Crippen LogP contribution in [0.3, 0.4) is 0 Å². The van der Waals surface area contributed by atoms with Gasteiger partial charge in [-0.25, -0.2) is 0 Å². The second-order valence-corrected chi connectivity index (χ2v) is 11.5. The Hall–Kier alpha value is -3.85. The lowest BCUT2D eigenvalue weighted by molar-refractivity contribution is 0.570. The maximum atomic E-state index is 4.84. The van der Waals surface area contributed by atoms with Gasteiger partial charge in [-0.3, -0.25) is 15.0 Å². The van der Waals surface area contributed by atoms with Crippen molar-refractivity contribution in [2.45, 2.75) is 52.4 Å². The molecule has 3 nitrogen and oxygen atoms in total. The molecule has 0 aliphatic carbocycles. The third-order valence-electron chi connectivity index (χ3n) is 6.74. The van der Waals surface area contributed by atoms with Gasteiger partial charge in [-0.05, 0) is 51.3 Å². The van der Waals surface area contributed by atoms with Crippen LogP contribution in [0.25, 0.3) is 44.5 Å². The summed E-state index contributed by atoms with van der Waals surface area (Å²) in [5, 5.41) is 0. The van der Waals surface area contributed by atoms with Crippen LogP contribution in [0.15, 0.2) is 91.4 Å². The molecule has 0 bridgehead atoms. The first kappa shape index (κ1) is 23.9. The Balaban J connectivity index is 1.70. The molecule has 0 N–H and O–H groups in total. The van der Waals surface area contributed by atoms with E-state index in [4.69, 9.17) is 9.97 Å². The lowest BCUT2D eigenvalue weighted by Crippen LogP contribution is -2.17. The van der Waals surface area contributed by atoms with Crippen LogP contribution in [0.1, 0.15) is 52.7 Å². The molecule has 0 radical (unpaired) electrons. The van der Waals surface area contributed by atoms with Crippen molar-refractivity contribution in [2.24, 2.45) is 0 Å². The highest BCUT2D eigenvalue weighted by atomic mass is 14.8. The van der Waals surface area contributed by atoms with Crippen LogP contribution in [0, 0.1) is 0 Å². The Bertz CT molecular complexity index is 1540. The van der Waals surface area contributed by atoms with Gasteiger partial charge in [0.1, 0.15) is 0 Å². The molecular weight excluding hydrogens is 438 g/mol. The summed E-state index contributed by atoms with van der Waals surface area (Å²) < 4.78 is 0. The van der Waals surface area contributed by atoms with Gasteiger partial charge >= 0.3 is 0 Å². The molecule has 0 aliphatic heterocycles. The number of hydrogen-bond acceptors (Lipinski definition) is 3. The van der Waals surface area contributed by atoms with Crippen molar-refractivity contribution >= 4 is 11.0 Å². The van der Waals surface area contributed by atoms with E-state index in [1.807, 2.05) is 24.4 Å². The second kappa shape index (κ2) is 8.98. The van der Waals surface area contributed by atoms with E-state index in [0.717, 1.165) is 39.0 Å². The van der Waals surface area contributed by atoms with Crippen LogP contribution in [0.5, 0.6) is 0 Å². The van der Waals surface area contributed by atoms with Gasteiger partial charge < -0.3 is 0 Å². The molecule has 5 aromatic rings. The smallest absolute Gasteiger partial charge is 0.0971 e. The molecule has 3 heteroatoms. The van der Waals surface area contributed by atoms with Crippen molar-refractivity contribution in [2.75, 3.05) is 0 Å². The minimum atomic E-state index is -0.0131. The molecule has 0 aliphatic rings. The zero-order chi connectivity index (χ0) is 25.5. The SMILES string of the molecule is CC(C)(C)c1ccc(-c2ccc(-c3cccc(-c4ccccn4)c3)c3nccnc23)c(C(C)(C)C)c1. The summed E-state index contributed by atoms with van der Waals surface area (Å²) in [5.41, 5.74) is 11.1. The molecular formula is C33H33N3. The fourth-order valence-electron chi connectivity index (χ4n) is 4.75. The van der Waals surface area contributed by atoms with Gasteiger partial charge in [-0.1, -0.05) is 96.1 Å². The molecule has 0 amide bonds. The van der Waals surface area contributed by atoms with Crippen molar-refractivity contribution in [3.8, 4) is 33.5 Å². The fraction of sp³-hybridized carbons (Fsp3) is 0.242. The Labute approximate surface area is 214 Å². The van der Waals surface area contributed by atoms with Crippen LogP contribution >= 0.6 is 0 Å². The van der Waals surface area contributed by atoms with Crippen molar-refractivity contribution in [1.29, 1.82) is 0 Å². The quantitative estimate of drug-likeness (QED) is 0.264. The zero-order valence-corrected chi connectivity index (χ0v) is 22.0. The van der Waals surface area contributed by atoms with Crippen molar-refractivity contribution in [3.63, 3.8) is 0 Å². The minimum absolute atomic E-state index is 0.0131. The number of nitrogens with zero attached hydrogens (tertiary/aromatic N) is 3. The summed E-state index contributed by atoms with van der Waals surface area (Å²) in [6.45, 7) is 13.6. The highest BCUT2D eigenvalue weighted by molar-refractivity contribution is 6.01. The van der Waals surface area contributed by atoms with E-state index in [1.165, 1.54) is 16.7 Å². The van der Waals surface area contributed by atoms with E-state index < -0.39 is 0 Å². The lowest BCUT2D eigenvalue weighted by Gasteiger charge is -2.28. The summed E-state index contributed by atoms with van der Waals surface area (Å²) in [5.74, 6) is 0. The van der Waals surface area contributed by atoms with Crippen LogP contribution in [0.4, 0.5) is 0 Å². The van der Waals surface area contributed by atoms with Gasteiger partial charge in [0.25, 0.3) is 0 Å². The Morgan fingerprint density at radius 3 is 1.83 bits per heavy atom. The second-order valence-electron chi connectivity index (χ2n) is 11.5. The maximum absolute atomic E-state index is 4.84. The molecule has 0 fully saturated rings. The van der Waals surface area contributed by atoms with Crippen LogP contribution < -0.4 is 0 Å². The van der Waals surface area contributed by atoms with Gasteiger partial charge in [-0.2, -0.15) is 0 Å². The van der Waals surface area contributed by atoms with Crippen molar-refractivity contribution in [3.05, 3.63) is 103 Å². The molecule has 5 rings (SSSR count). The van der Waals surface area contributed by atoms with E-state index in [-0.39, 0.29) is 10.8 Å². The average Bonchev–Trinajstić information content (AvgIpc) is 2.87. The number of pyridine rings is 1. The van der Waals surface area contributed by atoms with E-state index in [0.29, 0.717) is 0 Å². The third-order valence-corrected chi connectivity index (χ3v) is 6.74. The predicted octanol–water partition coefficient (Wildman–Crippen LogP) is 8.62. The van der Waals surface area contributed by atoms with Crippen LogP contribution in [-0.2, 0) is 10.8 Å². The number of hydrogen-bond donors (Lipinski definition) is 0. The molecule has 0 saturated heterocycles. The van der Waals surface area contributed by atoms with Crippen molar-refractivity contribution in [1.82, 2.24) is 15.0 Å². The summed E-state index contributed by atoms with van der Waals surface area (Å²) in [4.78, 5) is 14.2. The summed E-state index contributed by atoms with van der Waals surface area (Å²) in [7, 11) is 0. The number of rotatable bonds is 3. The first-order valence-electron chi connectivity index (χ1n) is 12.5. The topological polar surface area (TPSA) is 38.7 Å². The molecule has 3 aromatic carbocycles. The zero-order valence-electron chi connectivity index (χ0n) is 22.0. The van der Waals surface area contributed by atoms with Crippen molar-refractivity contribution < 1.29 is 0 Å². The van der Waals surface area contributed by atoms with Gasteiger partial charge in [0.05, 0.1) is 16.7 Å². The molecule has 0 unspecified atom stereocenters. The highest BCUT2D eigenvalue weighted by Gasteiger charge is 2.24. The van der Waals surface area contributed by atoms with Crippen LogP contribution in [0.2, 0.25) is 0 Å². The lowest BCUT2D eigenvalue weighted by atomic mass is 9.77. The van der Waals surface area contributed by atoms with Gasteiger partial charge in [0.2, 0.25) is 0 Å². The molecule has 180 valence electrons. The molecule has 0 spiro atoms. The predicted molar refractivity (Wildman–Crippen MR) is 151 cm³/mol. The monoisotopic (exact) mass is 471 g/mol.